The molecule has 0 aliphatic carbocycles. The standard InChI is InChI=1S/C11H9Cl2N3O/c1-15-11(17)16(9(7-14)10(12)13)8-5-3-2-4-6-8/h2-6H,1H3,(H,15,17). The van der Waals surface area contributed by atoms with Gasteiger partial charge in [0.1, 0.15) is 10.6 Å². The maximum atomic E-state index is 11.7. The summed E-state index contributed by atoms with van der Waals surface area (Å²) in [5.41, 5.74) is 0.376. The molecule has 1 aromatic carbocycles. The number of halogens is 2. The number of allylic oxidation sites excluding steroid dienone is 1. The van der Waals surface area contributed by atoms with Crippen molar-refractivity contribution in [1.82, 2.24) is 5.32 Å². The summed E-state index contributed by atoms with van der Waals surface area (Å²) in [6, 6.07) is 9.91. The average molecular weight is 270 g/mol. The lowest BCUT2D eigenvalue weighted by atomic mass is 10.3. The van der Waals surface area contributed by atoms with Gasteiger partial charge in [-0.3, -0.25) is 4.90 Å². The van der Waals surface area contributed by atoms with E-state index in [-0.39, 0.29) is 10.2 Å². The number of nitrogens with zero attached hydrogens (tertiary/aromatic N) is 2. The van der Waals surface area contributed by atoms with Gasteiger partial charge < -0.3 is 5.32 Å². The molecular weight excluding hydrogens is 261 g/mol. The highest BCUT2D eigenvalue weighted by molar-refractivity contribution is 6.56. The summed E-state index contributed by atoms with van der Waals surface area (Å²) in [5.74, 6) is 0. The molecule has 0 bridgehead atoms. The fourth-order valence-corrected chi connectivity index (χ4v) is 1.47. The maximum absolute atomic E-state index is 11.7. The minimum absolute atomic E-state index is 0.126. The number of amides is 2. The van der Waals surface area contributed by atoms with Gasteiger partial charge in [-0.2, -0.15) is 5.26 Å². The molecule has 17 heavy (non-hydrogen) atoms. The molecule has 0 fully saturated rings. The van der Waals surface area contributed by atoms with Gasteiger partial charge in [-0.05, 0) is 12.1 Å². The van der Waals surface area contributed by atoms with Crippen LogP contribution in [-0.4, -0.2) is 13.1 Å². The molecule has 6 heteroatoms. The third kappa shape index (κ3) is 3.13. The summed E-state index contributed by atoms with van der Waals surface area (Å²) in [6.45, 7) is 0. The van der Waals surface area contributed by atoms with Crippen molar-refractivity contribution in [2.24, 2.45) is 0 Å². The normalized spacial score (nSPS) is 9.06. The van der Waals surface area contributed by atoms with E-state index in [9.17, 15) is 4.79 Å². The summed E-state index contributed by atoms with van der Waals surface area (Å²) in [6.07, 6.45) is 0. The summed E-state index contributed by atoms with van der Waals surface area (Å²) in [7, 11) is 1.45. The lowest BCUT2D eigenvalue weighted by molar-refractivity contribution is 0.250. The Morgan fingerprint density at radius 1 is 1.35 bits per heavy atom. The Kier molecular flexibility index (Phi) is 4.83. The second kappa shape index (κ2) is 6.14. The van der Waals surface area contributed by atoms with Crippen molar-refractivity contribution in [3.8, 4) is 6.07 Å². The van der Waals surface area contributed by atoms with Crippen LogP contribution in [0.5, 0.6) is 0 Å². The number of hydrogen-bond donors (Lipinski definition) is 1. The van der Waals surface area contributed by atoms with E-state index in [1.807, 2.05) is 0 Å². The van der Waals surface area contributed by atoms with E-state index in [1.165, 1.54) is 7.05 Å². The van der Waals surface area contributed by atoms with E-state index in [0.29, 0.717) is 5.69 Å². The molecule has 0 aliphatic rings. The third-order valence-electron chi connectivity index (χ3n) is 1.94. The summed E-state index contributed by atoms with van der Waals surface area (Å²) < 4.78 is -0.264. The number of carbonyl (C=O) groups is 1. The fourth-order valence-electron chi connectivity index (χ4n) is 1.21. The molecule has 88 valence electrons. The quantitative estimate of drug-likeness (QED) is 0.840. The Morgan fingerprint density at radius 2 is 1.94 bits per heavy atom. The van der Waals surface area contributed by atoms with Crippen LogP contribution in [0.1, 0.15) is 0 Å². The van der Waals surface area contributed by atoms with Crippen molar-refractivity contribution in [3.05, 3.63) is 40.5 Å². The lowest BCUT2D eigenvalue weighted by Gasteiger charge is -2.20. The van der Waals surface area contributed by atoms with Crippen molar-refractivity contribution in [2.75, 3.05) is 11.9 Å². The van der Waals surface area contributed by atoms with Gasteiger partial charge in [0, 0.05) is 7.05 Å². The molecule has 0 heterocycles. The van der Waals surface area contributed by atoms with E-state index in [1.54, 1.807) is 36.4 Å². The van der Waals surface area contributed by atoms with E-state index >= 15 is 0 Å². The first-order valence-electron chi connectivity index (χ1n) is 4.64. The highest BCUT2D eigenvalue weighted by Gasteiger charge is 2.21. The highest BCUT2D eigenvalue weighted by Crippen LogP contribution is 2.24. The smallest absolute Gasteiger partial charge is 0.326 e. The Labute approximate surface area is 109 Å². The zero-order valence-electron chi connectivity index (χ0n) is 8.95. The fraction of sp³-hybridized carbons (Fsp3) is 0.0909. The maximum Gasteiger partial charge on any atom is 0.326 e. The predicted molar refractivity (Wildman–Crippen MR) is 67.7 cm³/mol. The molecule has 0 saturated heterocycles. The summed E-state index contributed by atoms with van der Waals surface area (Å²) in [5, 5.41) is 11.4. The molecule has 4 nitrogen and oxygen atoms in total. The average Bonchev–Trinajstić information content (AvgIpc) is 2.35. The summed E-state index contributed by atoms with van der Waals surface area (Å²) >= 11 is 11.2. The molecule has 1 rings (SSSR count). The molecule has 1 aromatic rings. The predicted octanol–water partition coefficient (Wildman–Crippen LogP) is 3.00. The van der Waals surface area contributed by atoms with Gasteiger partial charge in [0.15, 0.2) is 5.70 Å². The second-order valence-electron chi connectivity index (χ2n) is 2.95. The Bertz CT molecular complexity index is 475. The van der Waals surface area contributed by atoms with Crippen LogP contribution < -0.4 is 10.2 Å². The number of nitriles is 1. The molecule has 2 amide bonds. The van der Waals surface area contributed by atoms with Crippen LogP contribution in [0, 0.1) is 11.3 Å². The molecule has 0 aromatic heterocycles. The zero-order chi connectivity index (χ0) is 12.8. The third-order valence-corrected chi connectivity index (χ3v) is 2.30. The molecule has 0 atom stereocenters. The molecular formula is C11H9Cl2N3O. The van der Waals surface area contributed by atoms with E-state index in [0.717, 1.165) is 4.90 Å². The molecule has 0 radical (unpaired) electrons. The largest absolute Gasteiger partial charge is 0.340 e. The minimum atomic E-state index is -0.494. The number of nitrogens with one attached hydrogen (secondary N) is 1. The van der Waals surface area contributed by atoms with Crippen molar-refractivity contribution >= 4 is 34.9 Å². The number of hydrogen-bond acceptors (Lipinski definition) is 2. The van der Waals surface area contributed by atoms with Crippen molar-refractivity contribution in [1.29, 1.82) is 5.26 Å². The number of carbonyl (C=O) groups excluding carboxylic acids is 1. The van der Waals surface area contributed by atoms with Gasteiger partial charge in [0.2, 0.25) is 0 Å². The molecule has 1 N–H and O–H groups in total. The van der Waals surface area contributed by atoms with E-state index in [4.69, 9.17) is 28.5 Å². The highest BCUT2D eigenvalue weighted by atomic mass is 35.5. The number of benzene rings is 1. The van der Waals surface area contributed by atoms with E-state index in [2.05, 4.69) is 5.32 Å². The van der Waals surface area contributed by atoms with Crippen LogP contribution in [0.3, 0.4) is 0 Å². The van der Waals surface area contributed by atoms with Gasteiger partial charge in [-0.15, -0.1) is 0 Å². The Morgan fingerprint density at radius 3 is 2.35 bits per heavy atom. The Balaban J connectivity index is 3.29. The molecule has 0 aliphatic heterocycles. The monoisotopic (exact) mass is 269 g/mol. The minimum Gasteiger partial charge on any atom is -0.340 e. The lowest BCUT2D eigenvalue weighted by Crippen LogP contribution is -2.37. The molecule has 0 saturated carbocycles. The molecule has 0 unspecified atom stereocenters. The molecule has 0 spiro atoms. The Hall–Kier alpha value is -1.70. The van der Waals surface area contributed by atoms with Gasteiger partial charge in [0.25, 0.3) is 0 Å². The van der Waals surface area contributed by atoms with Crippen molar-refractivity contribution in [3.63, 3.8) is 0 Å². The first-order valence-corrected chi connectivity index (χ1v) is 5.39. The van der Waals surface area contributed by atoms with Gasteiger partial charge >= 0.3 is 6.03 Å². The number of anilines is 1. The first-order chi connectivity index (χ1) is 8.11. The van der Waals surface area contributed by atoms with Gasteiger partial charge in [-0.25, -0.2) is 4.79 Å². The van der Waals surface area contributed by atoms with Crippen LogP contribution in [0.15, 0.2) is 40.5 Å². The van der Waals surface area contributed by atoms with Crippen LogP contribution >= 0.6 is 23.2 Å². The number of para-hydroxylation sites is 1. The van der Waals surface area contributed by atoms with Gasteiger partial charge in [-0.1, -0.05) is 41.4 Å². The van der Waals surface area contributed by atoms with Crippen molar-refractivity contribution < 1.29 is 4.79 Å². The van der Waals surface area contributed by atoms with Gasteiger partial charge in [0.05, 0.1) is 5.69 Å². The summed E-state index contributed by atoms with van der Waals surface area (Å²) in [4.78, 5) is 12.8. The SMILES string of the molecule is CNC(=O)N(C(C#N)=C(Cl)Cl)c1ccccc1. The van der Waals surface area contributed by atoms with Crippen molar-refractivity contribution in [2.45, 2.75) is 0 Å². The first kappa shape index (κ1) is 13.4. The topological polar surface area (TPSA) is 56.1 Å². The van der Waals surface area contributed by atoms with Crippen LogP contribution in [0.2, 0.25) is 0 Å². The number of rotatable bonds is 2. The van der Waals surface area contributed by atoms with Crippen LogP contribution in [-0.2, 0) is 0 Å². The van der Waals surface area contributed by atoms with E-state index < -0.39 is 6.03 Å². The van der Waals surface area contributed by atoms with Crippen LogP contribution in [0.25, 0.3) is 0 Å². The zero-order valence-corrected chi connectivity index (χ0v) is 10.5. The van der Waals surface area contributed by atoms with Crippen LogP contribution in [0.4, 0.5) is 10.5 Å². The number of urea groups is 1. The second-order valence-corrected chi connectivity index (χ2v) is 3.90.